The number of hydrogen-bond donors (Lipinski definition) is 3. The second kappa shape index (κ2) is 9.46. The maximum Gasteiger partial charge on any atom is 0.417 e. The van der Waals surface area contributed by atoms with Gasteiger partial charge < -0.3 is 20.5 Å². The highest BCUT2D eigenvalue weighted by atomic mass is 35.5. The second-order valence-electron chi connectivity index (χ2n) is 7.65. The Balaban J connectivity index is 1.68. The van der Waals surface area contributed by atoms with Crippen LogP contribution in [0.2, 0.25) is 5.02 Å². The van der Waals surface area contributed by atoms with Gasteiger partial charge in [-0.05, 0) is 24.3 Å². The van der Waals surface area contributed by atoms with E-state index in [0.29, 0.717) is 29.0 Å². The zero-order valence-electron chi connectivity index (χ0n) is 18.7. The molecule has 3 aromatic heterocycles. The van der Waals surface area contributed by atoms with Gasteiger partial charge in [-0.2, -0.15) is 13.2 Å². The first-order valence-electron chi connectivity index (χ1n) is 10.2. The van der Waals surface area contributed by atoms with Crippen LogP contribution in [0.15, 0.2) is 53.7 Å². The van der Waals surface area contributed by atoms with Crippen LogP contribution in [0, 0.1) is 5.82 Å². The number of alkyl halides is 3. The summed E-state index contributed by atoms with van der Waals surface area (Å²) in [4.78, 5) is 33.1. The van der Waals surface area contributed by atoms with Crippen molar-refractivity contribution in [2.24, 2.45) is 7.05 Å². The van der Waals surface area contributed by atoms with E-state index >= 15 is 0 Å². The maximum atomic E-state index is 14.6. The van der Waals surface area contributed by atoms with Gasteiger partial charge in [0.2, 0.25) is 0 Å². The minimum absolute atomic E-state index is 0.0863. The van der Waals surface area contributed by atoms with Crippen molar-refractivity contribution in [1.29, 1.82) is 0 Å². The molecule has 0 aliphatic heterocycles. The minimum atomic E-state index is -4.66. The lowest BCUT2D eigenvalue weighted by molar-refractivity contribution is -0.137. The number of carbonyl (C=O) groups excluding carboxylic acids is 1. The van der Waals surface area contributed by atoms with E-state index in [2.05, 4.69) is 25.9 Å². The molecule has 2 amide bonds. The number of aromatic nitrogens is 3. The van der Waals surface area contributed by atoms with E-state index in [0.717, 1.165) is 12.3 Å². The van der Waals surface area contributed by atoms with E-state index in [1.807, 2.05) is 0 Å². The Labute approximate surface area is 205 Å². The zero-order valence-corrected chi connectivity index (χ0v) is 19.4. The first kappa shape index (κ1) is 24.9. The van der Waals surface area contributed by atoms with E-state index in [1.165, 1.54) is 10.6 Å². The molecule has 0 aliphatic rings. The summed E-state index contributed by atoms with van der Waals surface area (Å²) in [5.74, 6) is -0.363. The standard InChI is InChI=1S/C23H17ClF4N6O2/c1-29-20-7-19-11(8-31-20)3-15(21(35)34(19)2)14-5-18(17(25)6-16(14)24)33-22(36)32-13-4-12(9-30-10-13)23(26,27)28/h3-10H,1-2H3,(H,29,31)(H2,32,33,36). The average molecular weight is 521 g/mol. The summed E-state index contributed by atoms with van der Waals surface area (Å²) < 4.78 is 54.6. The number of carbonyl (C=O) groups is 1. The van der Waals surface area contributed by atoms with Crippen molar-refractivity contribution in [2.45, 2.75) is 6.18 Å². The number of benzene rings is 1. The quantitative estimate of drug-likeness (QED) is 0.309. The smallest absolute Gasteiger partial charge is 0.373 e. The van der Waals surface area contributed by atoms with Crippen molar-refractivity contribution in [2.75, 3.05) is 23.0 Å². The SMILES string of the molecule is CNc1cc2c(cn1)cc(-c1cc(NC(=O)Nc3cncc(C(F)(F)F)c3)c(F)cc1Cl)c(=O)n2C. The number of rotatable bonds is 4. The van der Waals surface area contributed by atoms with Gasteiger partial charge in [0.05, 0.1) is 33.7 Å². The van der Waals surface area contributed by atoms with Crippen LogP contribution in [0.5, 0.6) is 0 Å². The fraction of sp³-hybridized carbons (Fsp3) is 0.130. The van der Waals surface area contributed by atoms with Gasteiger partial charge >= 0.3 is 12.2 Å². The molecular formula is C23H17ClF4N6O2. The number of aryl methyl sites for hydroxylation is 1. The predicted molar refractivity (Wildman–Crippen MR) is 129 cm³/mol. The molecule has 0 atom stereocenters. The van der Waals surface area contributed by atoms with Crippen LogP contribution in [0.25, 0.3) is 22.0 Å². The Morgan fingerprint density at radius 3 is 2.47 bits per heavy atom. The zero-order chi connectivity index (χ0) is 26.2. The lowest BCUT2D eigenvalue weighted by Crippen LogP contribution is -2.21. The van der Waals surface area contributed by atoms with Crippen LogP contribution < -0.4 is 21.5 Å². The molecular weight excluding hydrogens is 504 g/mol. The fourth-order valence-corrected chi connectivity index (χ4v) is 3.75. The molecule has 8 nitrogen and oxygen atoms in total. The van der Waals surface area contributed by atoms with Gasteiger partial charge in [0.1, 0.15) is 11.6 Å². The Morgan fingerprint density at radius 2 is 1.78 bits per heavy atom. The van der Waals surface area contributed by atoms with Crippen LogP contribution in [0.1, 0.15) is 5.56 Å². The largest absolute Gasteiger partial charge is 0.417 e. The molecule has 3 N–H and O–H groups in total. The number of amides is 2. The molecule has 186 valence electrons. The van der Waals surface area contributed by atoms with E-state index in [-0.39, 0.29) is 27.5 Å². The molecule has 1 aromatic carbocycles. The number of nitrogens with one attached hydrogen (secondary N) is 3. The van der Waals surface area contributed by atoms with Crippen LogP contribution in [0.4, 0.5) is 39.5 Å². The average Bonchev–Trinajstić information content (AvgIpc) is 2.82. The summed E-state index contributed by atoms with van der Waals surface area (Å²) in [7, 11) is 3.24. The van der Waals surface area contributed by atoms with Crippen LogP contribution in [-0.2, 0) is 13.2 Å². The summed E-state index contributed by atoms with van der Waals surface area (Å²) in [6.45, 7) is 0. The molecule has 0 fully saturated rings. The molecule has 0 saturated carbocycles. The lowest BCUT2D eigenvalue weighted by Gasteiger charge is -2.14. The van der Waals surface area contributed by atoms with Gasteiger partial charge in [-0.25, -0.2) is 14.2 Å². The van der Waals surface area contributed by atoms with Crippen molar-refractivity contribution in [1.82, 2.24) is 14.5 Å². The number of pyridine rings is 3. The molecule has 0 bridgehead atoms. The number of anilines is 3. The van der Waals surface area contributed by atoms with Crippen molar-refractivity contribution in [3.8, 4) is 11.1 Å². The van der Waals surface area contributed by atoms with Gasteiger partial charge in [-0.3, -0.25) is 9.78 Å². The van der Waals surface area contributed by atoms with Gasteiger partial charge in [-0.15, -0.1) is 0 Å². The first-order chi connectivity index (χ1) is 17.0. The molecule has 4 rings (SSSR count). The first-order valence-corrected chi connectivity index (χ1v) is 10.6. The number of urea groups is 1. The third-order valence-corrected chi connectivity index (χ3v) is 5.60. The molecule has 0 spiro atoms. The maximum absolute atomic E-state index is 14.6. The van der Waals surface area contributed by atoms with E-state index in [4.69, 9.17) is 11.6 Å². The van der Waals surface area contributed by atoms with E-state index < -0.39 is 29.1 Å². The van der Waals surface area contributed by atoms with Crippen molar-refractivity contribution < 1.29 is 22.4 Å². The third-order valence-electron chi connectivity index (χ3n) is 5.28. The van der Waals surface area contributed by atoms with Crippen LogP contribution in [-0.4, -0.2) is 27.6 Å². The second-order valence-corrected chi connectivity index (χ2v) is 8.06. The Bertz CT molecular complexity index is 1550. The van der Waals surface area contributed by atoms with E-state index in [1.54, 1.807) is 32.4 Å². The normalized spacial score (nSPS) is 11.4. The highest BCUT2D eigenvalue weighted by Gasteiger charge is 2.31. The summed E-state index contributed by atoms with van der Waals surface area (Å²) in [6.07, 6.45) is -1.50. The molecule has 0 unspecified atom stereocenters. The summed E-state index contributed by atoms with van der Waals surface area (Å²) in [5.41, 5.74) is -1.26. The van der Waals surface area contributed by atoms with Crippen molar-refractivity contribution >= 4 is 45.7 Å². The summed E-state index contributed by atoms with van der Waals surface area (Å²) in [6, 6.07) is 4.97. The highest BCUT2D eigenvalue weighted by molar-refractivity contribution is 6.33. The van der Waals surface area contributed by atoms with Gasteiger partial charge in [0.25, 0.3) is 5.56 Å². The monoisotopic (exact) mass is 520 g/mol. The Hall–Kier alpha value is -4.19. The van der Waals surface area contributed by atoms with Crippen molar-refractivity contribution in [3.63, 3.8) is 0 Å². The highest BCUT2D eigenvalue weighted by Crippen LogP contribution is 2.33. The molecule has 36 heavy (non-hydrogen) atoms. The topological polar surface area (TPSA) is 101 Å². The van der Waals surface area contributed by atoms with Crippen LogP contribution in [0.3, 0.4) is 0 Å². The summed E-state index contributed by atoms with van der Waals surface area (Å²) in [5, 5.41) is 7.79. The fourth-order valence-electron chi connectivity index (χ4n) is 3.49. The molecule has 0 radical (unpaired) electrons. The Kier molecular flexibility index (Phi) is 6.55. The molecule has 4 aromatic rings. The minimum Gasteiger partial charge on any atom is -0.373 e. The number of halogens is 5. The number of fused-ring (bicyclic) bond motifs is 1. The molecule has 0 aliphatic carbocycles. The lowest BCUT2D eigenvalue weighted by atomic mass is 10.0. The molecule has 3 heterocycles. The van der Waals surface area contributed by atoms with Crippen molar-refractivity contribution in [3.05, 3.63) is 75.7 Å². The van der Waals surface area contributed by atoms with Gasteiger partial charge in [0.15, 0.2) is 0 Å². The summed E-state index contributed by atoms with van der Waals surface area (Å²) >= 11 is 6.23. The van der Waals surface area contributed by atoms with E-state index in [9.17, 15) is 27.2 Å². The third kappa shape index (κ3) is 4.93. The van der Waals surface area contributed by atoms with Crippen LogP contribution >= 0.6 is 11.6 Å². The number of hydrogen-bond acceptors (Lipinski definition) is 5. The predicted octanol–water partition coefficient (Wildman–Crippen LogP) is 5.49. The van der Waals surface area contributed by atoms with Gasteiger partial charge in [-0.1, -0.05) is 11.6 Å². The number of nitrogens with zero attached hydrogens (tertiary/aromatic N) is 3. The molecule has 13 heteroatoms. The molecule has 0 saturated heterocycles. The van der Waals surface area contributed by atoms with Gasteiger partial charge in [0, 0.05) is 49.1 Å². The Morgan fingerprint density at radius 1 is 1.03 bits per heavy atom.